The number of nitrogens with two attached hydrogens (primary N) is 1. The molecule has 0 bridgehead atoms. The van der Waals surface area contributed by atoms with Crippen molar-refractivity contribution in [1.82, 2.24) is 82.1 Å². The van der Waals surface area contributed by atoms with Crippen LogP contribution in [-0.4, -0.2) is 231 Å². The van der Waals surface area contributed by atoms with E-state index >= 15 is 0 Å². The molecule has 0 fully saturated rings. The molecule has 14 N–H and O–H groups in total. The number of hydrogen-bond acceptors (Lipinski definition) is 21. The van der Waals surface area contributed by atoms with Gasteiger partial charge in [-0.2, -0.15) is 0 Å². The molecule has 8 rings (SSSR count). The van der Waals surface area contributed by atoms with Crippen molar-refractivity contribution in [3.8, 4) is 0 Å². The summed E-state index contributed by atoms with van der Waals surface area (Å²) < 4.78 is 9.87. The van der Waals surface area contributed by atoms with E-state index in [1.807, 2.05) is 69.3 Å². The zero-order chi connectivity index (χ0) is 87.1. The lowest BCUT2D eigenvalue weighted by Crippen LogP contribution is -2.59. The summed E-state index contributed by atoms with van der Waals surface area (Å²) >= 11 is 0. The molecule has 1 unspecified atom stereocenters. The summed E-state index contributed by atoms with van der Waals surface area (Å²) in [6.45, 7) is 11.6. The number of methoxy groups -OCH3 is 2. The Kier molecular flexibility index (Phi) is 36.1. The lowest BCUT2D eigenvalue weighted by Gasteiger charge is -2.27. The number of aromatic amines is 2. The van der Waals surface area contributed by atoms with Gasteiger partial charge >= 0.3 is 11.9 Å². The average Bonchev–Trinajstić information content (AvgIpc) is 1.65. The van der Waals surface area contributed by atoms with Crippen molar-refractivity contribution in [2.45, 2.75) is 238 Å². The first-order chi connectivity index (χ1) is 57.6. The van der Waals surface area contributed by atoms with Crippen molar-refractivity contribution in [1.29, 1.82) is 0 Å². The Morgan fingerprint density at radius 3 is 1.18 bits per heavy atom. The van der Waals surface area contributed by atoms with E-state index in [1.165, 1.54) is 33.8 Å². The first-order valence-corrected chi connectivity index (χ1v) is 41.6. The number of esters is 2. The minimum atomic E-state index is -1.52. The van der Waals surface area contributed by atoms with Crippen LogP contribution < -0.4 is 58.9 Å². The van der Waals surface area contributed by atoms with Crippen molar-refractivity contribution in [3.05, 3.63) is 119 Å². The van der Waals surface area contributed by atoms with Crippen molar-refractivity contribution in [2.24, 2.45) is 5.73 Å². The zero-order valence-electron chi connectivity index (χ0n) is 70.5. The van der Waals surface area contributed by atoms with Gasteiger partial charge in [-0.15, -0.1) is 0 Å². The van der Waals surface area contributed by atoms with Crippen LogP contribution in [0.25, 0.3) is 22.1 Å². The monoisotopic (exact) mass is 1660 g/mol. The van der Waals surface area contributed by atoms with Gasteiger partial charge in [-0.25, -0.2) is 9.97 Å². The van der Waals surface area contributed by atoms with Crippen LogP contribution in [0.5, 0.6) is 0 Å². The number of benzene rings is 4. The summed E-state index contributed by atoms with van der Waals surface area (Å²) in [7, 11) is 5.76. The van der Waals surface area contributed by atoms with Gasteiger partial charge in [-0.1, -0.05) is 104 Å². The highest BCUT2D eigenvalue weighted by molar-refractivity contribution is 5.99. The summed E-state index contributed by atoms with van der Waals surface area (Å²) in [6, 6.07) is 14.8. The number of carbonyl (C=O) groups is 14. The molecule has 4 aromatic carbocycles. The lowest BCUT2D eigenvalue weighted by molar-refractivity contribution is -0.144. The van der Waals surface area contributed by atoms with Crippen LogP contribution in [0.4, 0.5) is 11.4 Å². The number of rotatable bonds is 46. The van der Waals surface area contributed by atoms with E-state index in [2.05, 4.69) is 73.1 Å². The van der Waals surface area contributed by atoms with Crippen LogP contribution in [0.15, 0.2) is 84.9 Å². The zero-order valence-corrected chi connectivity index (χ0v) is 70.5. The summed E-state index contributed by atoms with van der Waals surface area (Å²) in [5.74, 6) is -6.93. The number of hydrogen-bond donors (Lipinski definition) is 13. The minimum Gasteiger partial charge on any atom is -0.469 e. The van der Waals surface area contributed by atoms with Gasteiger partial charge in [0.2, 0.25) is 59.1 Å². The number of aromatic nitrogens is 4. The Morgan fingerprint density at radius 1 is 0.467 bits per heavy atom. The molecule has 9 atom stereocenters. The van der Waals surface area contributed by atoms with E-state index in [1.54, 1.807) is 71.3 Å². The largest absolute Gasteiger partial charge is 0.469 e. The Labute approximate surface area is 699 Å². The second-order valence-corrected chi connectivity index (χ2v) is 30.5. The molecule has 0 saturated carbocycles. The summed E-state index contributed by atoms with van der Waals surface area (Å²) in [4.78, 5) is 217. The van der Waals surface area contributed by atoms with Gasteiger partial charge in [0.1, 0.15) is 60.0 Å². The van der Waals surface area contributed by atoms with E-state index < -0.39 is 132 Å². The van der Waals surface area contributed by atoms with E-state index in [0.29, 0.717) is 90.2 Å². The van der Waals surface area contributed by atoms with Gasteiger partial charge in [0, 0.05) is 82.3 Å². The first kappa shape index (κ1) is 93.5. The van der Waals surface area contributed by atoms with Gasteiger partial charge in [0.25, 0.3) is 11.8 Å². The van der Waals surface area contributed by atoms with Crippen molar-refractivity contribution in [2.75, 3.05) is 65.1 Å². The van der Waals surface area contributed by atoms with Crippen LogP contribution in [0.2, 0.25) is 0 Å². The maximum Gasteiger partial charge on any atom is 0.308 e. The number of anilines is 2. The summed E-state index contributed by atoms with van der Waals surface area (Å²) in [6.07, 6.45) is 2.73. The molecule has 0 saturated heterocycles. The van der Waals surface area contributed by atoms with Crippen molar-refractivity contribution in [3.63, 3.8) is 0 Å². The van der Waals surface area contributed by atoms with Gasteiger partial charge < -0.3 is 97.9 Å². The number of amides is 12. The maximum absolute atomic E-state index is 14.7. The minimum absolute atomic E-state index is 0.0353. The second kappa shape index (κ2) is 46.4. The molecule has 2 aromatic heterocycles. The molecule has 2 aliphatic rings. The van der Waals surface area contributed by atoms with Crippen LogP contribution in [-0.2, 0) is 93.2 Å². The number of nitrogens with one attached hydrogen (secondary N) is 12. The third-order valence-corrected chi connectivity index (χ3v) is 21.0. The molecule has 35 heteroatoms. The molecule has 650 valence electrons. The third-order valence-electron chi connectivity index (χ3n) is 21.0. The fraction of sp³-hybridized carbons (Fsp3) is 0.529. The average molecular weight is 1660 g/mol. The highest BCUT2D eigenvalue weighted by Crippen LogP contribution is 2.30. The van der Waals surface area contributed by atoms with Gasteiger partial charge in [-0.05, 0) is 130 Å². The first-order valence-electron chi connectivity index (χ1n) is 41.6. The van der Waals surface area contributed by atoms with Gasteiger partial charge in [-0.3, -0.25) is 67.1 Å². The Bertz CT molecular complexity index is 4520. The van der Waals surface area contributed by atoms with Crippen LogP contribution in [0.3, 0.4) is 0 Å². The van der Waals surface area contributed by atoms with Crippen LogP contribution in [0, 0.1) is 0 Å². The third kappa shape index (κ3) is 26.7. The normalized spacial score (nSPS) is 15.5. The number of para-hydroxylation sites is 4. The molecular formula is C85H119N19O16. The quantitative estimate of drug-likeness (QED) is 0.0179. The number of H-pyrrole nitrogens is 2. The number of imidazole rings is 2. The van der Waals surface area contributed by atoms with E-state index in [9.17, 15) is 67.1 Å². The molecule has 35 nitrogen and oxygen atoms in total. The Morgan fingerprint density at radius 2 is 0.817 bits per heavy atom. The van der Waals surface area contributed by atoms with Crippen molar-refractivity contribution >= 4 is 116 Å². The van der Waals surface area contributed by atoms with E-state index in [4.69, 9.17) is 15.2 Å². The molecule has 0 aliphatic carbocycles. The number of carbonyl (C=O) groups excluding carboxylic acids is 14. The van der Waals surface area contributed by atoms with Crippen LogP contribution in [0.1, 0.15) is 201 Å². The molecule has 2 aliphatic heterocycles. The predicted molar refractivity (Wildman–Crippen MR) is 449 cm³/mol. The highest BCUT2D eigenvalue weighted by atomic mass is 16.5. The highest BCUT2D eigenvalue weighted by Gasteiger charge is 2.37. The smallest absolute Gasteiger partial charge is 0.308 e. The Balaban J connectivity index is 0.883. The van der Waals surface area contributed by atoms with Crippen LogP contribution >= 0.6 is 0 Å². The molecule has 4 heterocycles. The second-order valence-electron chi connectivity index (χ2n) is 30.5. The van der Waals surface area contributed by atoms with Gasteiger partial charge in [0.05, 0.1) is 68.3 Å². The molecular weight excluding hydrogens is 1540 g/mol. The number of fused-ring (bicyclic) bond motifs is 4. The fourth-order valence-corrected chi connectivity index (χ4v) is 14.5. The Hall–Kier alpha value is -12.0. The van der Waals surface area contributed by atoms with E-state index in [0.717, 1.165) is 22.1 Å². The standard InChI is InChI=1S/C85H119N19O16/c1-11-23-55(86)75(108)96-65(27-15-5)79(112)100-67(81(114)99-66(28-16-6)80(113)98-63(25-13-3)77(110)88-40-22-42-104-48-54-44-52(34-36-57(54)90-69(85(104)118)46-74(107)120-10)83(116)102(8)50-71-93-60-31-19-20-32-61(60)94-71)37-38-72(105)95-64(26-14-4)78(111)97-62(24-12-2)76(109)87-39-21-41-103-47-53-43-51(33-35-56(53)89-68(84(103)117)45-73(106)119-9)82(115)101(7)49-70-91-58-29-17-18-30-59(58)92-70/h17-20,29-36,43-44,55,62-69,89-90H,11-16,21-28,37-42,45-50,86H2,1-10H3,(H,87,109)(H,88,110)(H,91,92)(H,93,94)(H,95,105)(H,96,108)(H,97,111)(H,98,113)(H,99,114)(H,100,112)/t55-,62-,63-,64-,65-,66-,67?,68-,69-/m0/s1. The molecule has 6 aromatic rings. The van der Waals surface area contributed by atoms with Crippen molar-refractivity contribution < 1.29 is 76.6 Å². The maximum atomic E-state index is 14.7. The molecule has 120 heavy (non-hydrogen) atoms. The number of ether oxygens (including phenoxy) is 2. The molecule has 0 radical (unpaired) electrons. The SMILES string of the molecule is CCC[C@H](NC(=O)CCC(NC(=O)[C@H](CCC)NC(=O)[C@@H](N)CCC)C(=O)N[C@@H](CCC)C(=O)N[C@@H](CCC)C(=O)NCCCN1Cc2cc(C(=O)N(C)Cc3nc4ccccc4[nH]3)ccc2N[C@@H](CC(=O)OC)C1=O)C(=O)N[C@@H](CCC)C(=O)NCCCN1Cc2cc(C(=O)N(C)Cc3nc4ccccc4[nH]3)ccc2N[C@@H](CC(=O)OC)C1=O. The topological polar surface area (TPSA) is 474 Å². The fourth-order valence-electron chi connectivity index (χ4n) is 14.5. The predicted octanol–water partition coefficient (Wildman–Crippen LogP) is 4.88. The summed E-state index contributed by atoms with van der Waals surface area (Å²) in [5, 5.41) is 28.6. The lowest BCUT2D eigenvalue weighted by atomic mass is 10.0. The van der Waals surface area contributed by atoms with E-state index in [-0.39, 0.29) is 128 Å². The number of nitrogens with zero attached hydrogens (tertiary/aromatic N) is 6. The molecule has 0 spiro atoms. The molecule has 12 amide bonds. The van der Waals surface area contributed by atoms with Gasteiger partial charge in [0.15, 0.2) is 0 Å². The summed E-state index contributed by atoms with van der Waals surface area (Å²) in [5.41, 5.74) is 12.3.